The van der Waals surface area contributed by atoms with E-state index in [1.165, 1.54) is 0 Å². The number of hydrogen-bond donors (Lipinski definition) is 0. The first-order valence-electron chi connectivity index (χ1n) is 5.27. The molecule has 1 aromatic carbocycles. The minimum atomic E-state index is -0.239. The van der Waals surface area contributed by atoms with Crippen molar-refractivity contribution in [2.24, 2.45) is 0 Å². The van der Waals surface area contributed by atoms with E-state index in [1.54, 1.807) is 14.0 Å². The van der Waals surface area contributed by atoms with Gasteiger partial charge in [0.2, 0.25) is 0 Å². The summed E-state index contributed by atoms with van der Waals surface area (Å²) in [6, 6.07) is 6.02. The molecule has 0 N–H and O–H groups in total. The summed E-state index contributed by atoms with van der Waals surface area (Å²) in [7, 11) is 1.67. The Hall–Kier alpha value is -1.31. The fraction of sp³-hybridized carbons (Fsp3) is 0.462. The van der Waals surface area contributed by atoms with Crippen LogP contribution < -0.4 is 4.74 Å². The van der Waals surface area contributed by atoms with E-state index >= 15 is 0 Å². The van der Waals surface area contributed by atoms with Crippen LogP contribution in [0, 0.1) is 6.92 Å². The number of Topliss-reactive ketones (excluding diaryl/α,β-unsaturated/α-hetero) is 1. The minimum absolute atomic E-state index is 0.239. The molecule has 2 rings (SSSR count). The molecule has 0 unspecified atom stereocenters. The zero-order chi connectivity index (χ0) is 11.1. The van der Waals surface area contributed by atoms with Gasteiger partial charge in [-0.05, 0) is 32.3 Å². The first kappa shape index (κ1) is 10.2. The topological polar surface area (TPSA) is 26.3 Å². The largest absolute Gasteiger partial charge is 0.496 e. The van der Waals surface area contributed by atoms with E-state index in [-0.39, 0.29) is 11.2 Å². The highest BCUT2D eigenvalue weighted by atomic mass is 16.5. The van der Waals surface area contributed by atoms with Gasteiger partial charge in [0, 0.05) is 5.56 Å². The molecule has 0 aromatic heterocycles. The fourth-order valence-electron chi connectivity index (χ4n) is 2.24. The van der Waals surface area contributed by atoms with Crippen LogP contribution in [-0.4, -0.2) is 12.9 Å². The van der Waals surface area contributed by atoms with E-state index in [0.29, 0.717) is 0 Å². The highest BCUT2D eigenvalue weighted by molar-refractivity contribution is 5.92. The van der Waals surface area contributed by atoms with Crippen molar-refractivity contribution in [1.29, 1.82) is 0 Å². The molecular formula is C13H16O2. The molecule has 1 aliphatic rings. The van der Waals surface area contributed by atoms with E-state index < -0.39 is 0 Å². The molecule has 1 aromatic rings. The molecule has 0 spiro atoms. The second-order valence-corrected chi connectivity index (χ2v) is 4.29. The summed E-state index contributed by atoms with van der Waals surface area (Å²) in [5.41, 5.74) is 1.93. The van der Waals surface area contributed by atoms with E-state index in [4.69, 9.17) is 4.74 Å². The number of benzene rings is 1. The third-order valence-corrected chi connectivity index (χ3v) is 3.36. The van der Waals surface area contributed by atoms with Crippen LogP contribution in [0.5, 0.6) is 5.75 Å². The lowest BCUT2D eigenvalue weighted by molar-refractivity contribution is -0.119. The van der Waals surface area contributed by atoms with E-state index in [2.05, 4.69) is 0 Å². The summed E-state index contributed by atoms with van der Waals surface area (Å²) >= 11 is 0. The van der Waals surface area contributed by atoms with Gasteiger partial charge in [-0.2, -0.15) is 0 Å². The van der Waals surface area contributed by atoms with Crippen molar-refractivity contribution in [3.05, 3.63) is 29.3 Å². The van der Waals surface area contributed by atoms with E-state index in [9.17, 15) is 4.79 Å². The smallest absolute Gasteiger partial charge is 0.140 e. The Morgan fingerprint density at radius 2 is 2.07 bits per heavy atom. The van der Waals surface area contributed by atoms with Crippen LogP contribution in [0.4, 0.5) is 0 Å². The molecule has 0 radical (unpaired) electrons. The van der Waals surface area contributed by atoms with Gasteiger partial charge in [-0.1, -0.05) is 18.2 Å². The maximum absolute atomic E-state index is 11.7. The average molecular weight is 204 g/mol. The third kappa shape index (κ3) is 1.44. The van der Waals surface area contributed by atoms with Crippen LogP contribution in [0.15, 0.2) is 18.2 Å². The molecule has 0 amide bonds. The zero-order valence-corrected chi connectivity index (χ0v) is 9.46. The second kappa shape index (κ2) is 3.37. The molecule has 2 nitrogen and oxygen atoms in total. The number of para-hydroxylation sites is 1. The highest BCUT2D eigenvalue weighted by Gasteiger charge is 2.50. The molecule has 1 saturated carbocycles. The summed E-state index contributed by atoms with van der Waals surface area (Å²) in [5, 5.41) is 0. The van der Waals surface area contributed by atoms with Crippen molar-refractivity contribution in [2.45, 2.75) is 32.1 Å². The number of ether oxygens (including phenoxy) is 1. The van der Waals surface area contributed by atoms with Crippen molar-refractivity contribution in [1.82, 2.24) is 0 Å². The van der Waals surface area contributed by atoms with Crippen molar-refractivity contribution < 1.29 is 9.53 Å². The van der Waals surface area contributed by atoms with Crippen LogP contribution in [0.1, 0.15) is 30.9 Å². The van der Waals surface area contributed by atoms with Crippen LogP contribution in [0.2, 0.25) is 0 Å². The second-order valence-electron chi connectivity index (χ2n) is 4.29. The number of carbonyl (C=O) groups is 1. The summed E-state index contributed by atoms with van der Waals surface area (Å²) in [6.07, 6.45) is 1.92. The minimum Gasteiger partial charge on any atom is -0.496 e. The summed E-state index contributed by atoms with van der Waals surface area (Å²) in [6.45, 7) is 3.69. The molecule has 0 atom stereocenters. The normalized spacial score (nSPS) is 17.3. The van der Waals surface area contributed by atoms with Crippen molar-refractivity contribution >= 4 is 5.78 Å². The van der Waals surface area contributed by atoms with Gasteiger partial charge in [0.25, 0.3) is 0 Å². The molecule has 1 aliphatic carbocycles. The van der Waals surface area contributed by atoms with Gasteiger partial charge in [-0.25, -0.2) is 0 Å². The number of rotatable bonds is 3. The van der Waals surface area contributed by atoms with Crippen molar-refractivity contribution in [3.8, 4) is 5.75 Å². The molecule has 0 aliphatic heterocycles. The maximum atomic E-state index is 11.7. The molecule has 0 saturated heterocycles. The molecule has 0 heterocycles. The summed E-state index contributed by atoms with van der Waals surface area (Å²) in [5.74, 6) is 1.14. The number of methoxy groups -OCH3 is 1. The van der Waals surface area contributed by atoms with Gasteiger partial charge < -0.3 is 4.74 Å². The van der Waals surface area contributed by atoms with Crippen LogP contribution in [0.25, 0.3) is 0 Å². The number of aryl methyl sites for hydroxylation is 1. The van der Waals surface area contributed by atoms with Gasteiger partial charge in [-0.3, -0.25) is 4.79 Å². The molecule has 80 valence electrons. The molecule has 15 heavy (non-hydrogen) atoms. The first-order chi connectivity index (χ1) is 7.12. The first-order valence-corrected chi connectivity index (χ1v) is 5.27. The quantitative estimate of drug-likeness (QED) is 0.756. The average Bonchev–Trinajstić information content (AvgIpc) is 2.98. The van der Waals surface area contributed by atoms with Gasteiger partial charge >= 0.3 is 0 Å². The Bertz CT molecular complexity index is 403. The molecular weight excluding hydrogens is 188 g/mol. The lowest BCUT2D eigenvalue weighted by Crippen LogP contribution is -2.18. The van der Waals surface area contributed by atoms with Gasteiger partial charge in [0.15, 0.2) is 0 Å². The Morgan fingerprint density at radius 3 is 2.53 bits per heavy atom. The third-order valence-electron chi connectivity index (χ3n) is 3.36. The molecule has 1 fully saturated rings. The number of hydrogen-bond acceptors (Lipinski definition) is 2. The van der Waals surface area contributed by atoms with E-state index in [1.807, 2.05) is 25.1 Å². The highest BCUT2D eigenvalue weighted by Crippen LogP contribution is 2.52. The Labute approximate surface area is 90.3 Å². The number of carbonyl (C=O) groups excluding carboxylic acids is 1. The van der Waals surface area contributed by atoms with Crippen LogP contribution >= 0.6 is 0 Å². The zero-order valence-electron chi connectivity index (χ0n) is 9.46. The Kier molecular flexibility index (Phi) is 2.29. The fourth-order valence-corrected chi connectivity index (χ4v) is 2.24. The summed E-state index contributed by atoms with van der Waals surface area (Å²) < 4.78 is 5.40. The lowest BCUT2D eigenvalue weighted by atomic mass is 9.90. The Morgan fingerprint density at radius 1 is 1.40 bits per heavy atom. The van der Waals surface area contributed by atoms with Crippen LogP contribution in [-0.2, 0) is 10.2 Å². The van der Waals surface area contributed by atoms with Crippen molar-refractivity contribution in [3.63, 3.8) is 0 Å². The van der Waals surface area contributed by atoms with Gasteiger partial charge in [-0.15, -0.1) is 0 Å². The van der Waals surface area contributed by atoms with Gasteiger partial charge in [0.05, 0.1) is 12.5 Å². The van der Waals surface area contributed by atoms with Crippen molar-refractivity contribution in [2.75, 3.05) is 7.11 Å². The standard InChI is InChI=1S/C13H16O2/c1-9-5-4-6-11(12(9)15-3)13(7-8-13)10(2)14/h4-6H,7-8H2,1-3H3. The predicted molar refractivity (Wildman–Crippen MR) is 59.3 cm³/mol. The lowest BCUT2D eigenvalue weighted by Gasteiger charge is -2.17. The Balaban J connectivity index is 2.53. The van der Waals surface area contributed by atoms with Crippen LogP contribution in [0.3, 0.4) is 0 Å². The number of ketones is 1. The van der Waals surface area contributed by atoms with Gasteiger partial charge in [0.1, 0.15) is 11.5 Å². The maximum Gasteiger partial charge on any atom is 0.140 e. The molecule has 0 bridgehead atoms. The summed E-state index contributed by atoms with van der Waals surface area (Å²) in [4.78, 5) is 11.7. The van der Waals surface area contributed by atoms with E-state index in [0.717, 1.165) is 29.7 Å². The SMILES string of the molecule is COc1c(C)cccc1C1(C(C)=O)CC1. The monoisotopic (exact) mass is 204 g/mol. The predicted octanol–water partition coefficient (Wildman–Crippen LogP) is 2.62. The molecule has 2 heteroatoms.